The number of aliphatic carboxylic acids is 1. The van der Waals surface area contributed by atoms with E-state index in [9.17, 15) is 9.59 Å². The van der Waals surface area contributed by atoms with Gasteiger partial charge in [0, 0.05) is 25.7 Å². The van der Waals surface area contributed by atoms with Gasteiger partial charge in [0.05, 0.1) is 0 Å². The van der Waals surface area contributed by atoms with Crippen LogP contribution >= 0.6 is 0 Å². The highest BCUT2D eigenvalue weighted by molar-refractivity contribution is 5.80. The van der Waals surface area contributed by atoms with Gasteiger partial charge in [-0.2, -0.15) is 0 Å². The standard InChI is InChI=1S/C15H25N3O3/c1-3-7-17(11-14(19)20)15(21)18-9-6-13-12(10-18)5-4-8-16(13)2/h3,12-13H,1,4-11H2,2H3,(H,19,20). The minimum atomic E-state index is -0.988. The Morgan fingerprint density at radius 1 is 1.38 bits per heavy atom. The first-order valence-electron chi connectivity index (χ1n) is 7.59. The lowest BCUT2D eigenvalue weighted by Gasteiger charge is -2.46. The third-order valence-corrected chi connectivity index (χ3v) is 4.56. The lowest BCUT2D eigenvalue weighted by molar-refractivity contribution is -0.137. The second-order valence-corrected chi connectivity index (χ2v) is 6.03. The average molecular weight is 295 g/mol. The zero-order valence-corrected chi connectivity index (χ0v) is 12.7. The highest BCUT2D eigenvalue weighted by atomic mass is 16.4. The van der Waals surface area contributed by atoms with Crippen LogP contribution in [0.4, 0.5) is 4.79 Å². The fourth-order valence-corrected chi connectivity index (χ4v) is 3.56. The van der Waals surface area contributed by atoms with E-state index in [4.69, 9.17) is 5.11 Å². The number of carboxylic acids is 1. The maximum atomic E-state index is 12.5. The van der Waals surface area contributed by atoms with Gasteiger partial charge >= 0.3 is 12.0 Å². The van der Waals surface area contributed by atoms with Crippen molar-refractivity contribution in [1.82, 2.24) is 14.7 Å². The molecule has 2 unspecified atom stereocenters. The SMILES string of the molecule is C=CCN(CC(=O)O)C(=O)N1CCC2C(CCCN2C)C1. The van der Waals surface area contributed by atoms with Crippen LogP contribution in [0, 0.1) is 5.92 Å². The molecule has 0 radical (unpaired) electrons. The van der Waals surface area contributed by atoms with Crippen molar-refractivity contribution in [1.29, 1.82) is 0 Å². The van der Waals surface area contributed by atoms with E-state index in [2.05, 4.69) is 18.5 Å². The lowest BCUT2D eigenvalue weighted by atomic mass is 9.84. The summed E-state index contributed by atoms with van der Waals surface area (Å²) in [7, 11) is 2.16. The molecule has 2 aliphatic rings. The summed E-state index contributed by atoms with van der Waals surface area (Å²) >= 11 is 0. The summed E-state index contributed by atoms with van der Waals surface area (Å²) in [6, 6.07) is 0.388. The number of rotatable bonds is 4. The smallest absolute Gasteiger partial charge is 0.323 e. The number of carbonyl (C=O) groups is 2. The molecule has 2 heterocycles. The first kappa shape index (κ1) is 15.8. The van der Waals surface area contributed by atoms with E-state index in [1.54, 1.807) is 6.08 Å². The van der Waals surface area contributed by atoms with Crippen LogP contribution in [-0.4, -0.2) is 77.6 Å². The number of nitrogens with zero attached hydrogens (tertiary/aromatic N) is 3. The summed E-state index contributed by atoms with van der Waals surface area (Å²) in [4.78, 5) is 29.0. The highest BCUT2D eigenvalue weighted by Crippen LogP contribution is 2.29. The molecule has 118 valence electrons. The van der Waals surface area contributed by atoms with Gasteiger partial charge in [0.2, 0.25) is 0 Å². The molecule has 0 saturated carbocycles. The Kier molecular flexibility index (Phi) is 5.22. The van der Waals surface area contributed by atoms with Gasteiger partial charge in [0.15, 0.2) is 0 Å². The van der Waals surface area contributed by atoms with E-state index in [1.165, 1.54) is 11.3 Å². The number of hydrogen-bond donors (Lipinski definition) is 1. The van der Waals surface area contributed by atoms with Crippen molar-refractivity contribution in [2.24, 2.45) is 5.92 Å². The topological polar surface area (TPSA) is 64.1 Å². The number of fused-ring (bicyclic) bond motifs is 1. The molecule has 0 aliphatic carbocycles. The number of carbonyl (C=O) groups excluding carboxylic acids is 1. The Labute approximate surface area is 126 Å². The van der Waals surface area contributed by atoms with Crippen LogP contribution in [-0.2, 0) is 4.79 Å². The van der Waals surface area contributed by atoms with Gasteiger partial charge in [-0.15, -0.1) is 6.58 Å². The number of likely N-dealkylation sites (tertiary alicyclic amines) is 2. The van der Waals surface area contributed by atoms with Crippen LogP contribution in [0.1, 0.15) is 19.3 Å². The minimum Gasteiger partial charge on any atom is -0.480 e. The Hall–Kier alpha value is -1.56. The van der Waals surface area contributed by atoms with Gasteiger partial charge in [-0.25, -0.2) is 4.79 Å². The second kappa shape index (κ2) is 6.93. The van der Waals surface area contributed by atoms with Crippen molar-refractivity contribution in [2.45, 2.75) is 25.3 Å². The molecule has 0 spiro atoms. The largest absolute Gasteiger partial charge is 0.480 e. The molecular formula is C15H25N3O3. The molecule has 0 bridgehead atoms. The average Bonchev–Trinajstić information content (AvgIpc) is 2.45. The predicted octanol–water partition coefficient (Wildman–Crippen LogP) is 1.10. The van der Waals surface area contributed by atoms with E-state index in [0.717, 1.165) is 25.9 Å². The molecule has 2 atom stereocenters. The van der Waals surface area contributed by atoms with Crippen molar-refractivity contribution in [3.8, 4) is 0 Å². The third-order valence-electron chi connectivity index (χ3n) is 4.56. The predicted molar refractivity (Wildman–Crippen MR) is 80.1 cm³/mol. The van der Waals surface area contributed by atoms with E-state index in [0.29, 0.717) is 18.5 Å². The molecule has 2 fully saturated rings. The second-order valence-electron chi connectivity index (χ2n) is 6.03. The number of carboxylic acid groups (broad SMARTS) is 1. The van der Waals surface area contributed by atoms with Crippen LogP contribution < -0.4 is 0 Å². The molecular weight excluding hydrogens is 270 g/mol. The molecule has 1 N–H and O–H groups in total. The summed E-state index contributed by atoms with van der Waals surface area (Å²) in [5, 5.41) is 8.93. The summed E-state index contributed by atoms with van der Waals surface area (Å²) in [5.74, 6) is -0.477. The van der Waals surface area contributed by atoms with Crippen LogP contribution in [0.25, 0.3) is 0 Å². The van der Waals surface area contributed by atoms with E-state index < -0.39 is 5.97 Å². The van der Waals surface area contributed by atoms with Crippen LogP contribution in [0.3, 0.4) is 0 Å². The van der Waals surface area contributed by atoms with Crippen LogP contribution in [0.2, 0.25) is 0 Å². The highest BCUT2D eigenvalue weighted by Gasteiger charge is 2.36. The van der Waals surface area contributed by atoms with Gasteiger partial charge in [0.1, 0.15) is 6.54 Å². The van der Waals surface area contributed by atoms with E-state index in [1.807, 2.05) is 4.90 Å². The van der Waals surface area contributed by atoms with Crippen molar-refractivity contribution in [3.63, 3.8) is 0 Å². The number of urea groups is 1. The lowest BCUT2D eigenvalue weighted by Crippen LogP contribution is -2.56. The first-order valence-corrected chi connectivity index (χ1v) is 7.59. The molecule has 21 heavy (non-hydrogen) atoms. The van der Waals surface area contributed by atoms with E-state index in [-0.39, 0.29) is 19.1 Å². The molecule has 2 amide bonds. The van der Waals surface area contributed by atoms with Gasteiger partial charge in [-0.3, -0.25) is 4.79 Å². The molecule has 0 aromatic rings. The Morgan fingerprint density at radius 3 is 2.81 bits per heavy atom. The third kappa shape index (κ3) is 3.75. The first-order chi connectivity index (χ1) is 10.0. The zero-order chi connectivity index (χ0) is 15.4. The number of hydrogen-bond acceptors (Lipinski definition) is 3. The molecule has 0 aromatic carbocycles. The van der Waals surface area contributed by atoms with Crippen LogP contribution in [0.15, 0.2) is 12.7 Å². The quantitative estimate of drug-likeness (QED) is 0.789. The Balaban J connectivity index is 1.99. The molecule has 6 nitrogen and oxygen atoms in total. The summed E-state index contributed by atoms with van der Waals surface area (Å²) < 4.78 is 0. The number of piperidine rings is 2. The number of amides is 2. The molecule has 0 aromatic heterocycles. The van der Waals surface area contributed by atoms with Crippen LogP contribution in [0.5, 0.6) is 0 Å². The van der Waals surface area contributed by atoms with Crippen molar-refractivity contribution in [3.05, 3.63) is 12.7 Å². The normalized spacial score (nSPS) is 26.0. The minimum absolute atomic E-state index is 0.177. The van der Waals surface area contributed by atoms with E-state index >= 15 is 0 Å². The van der Waals surface area contributed by atoms with Crippen molar-refractivity contribution < 1.29 is 14.7 Å². The summed E-state index contributed by atoms with van der Waals surface area (Å²) in [5.41, 5.74) is 0. The summed E-state index contributed by atoms with van der Waals surface area (Å²) in [6.45, 7) is 6.18. The van der Waals surface area contributed by atoms with Crippen molar-refractivity contribution in [2.75, 3.05) is 39.8 Å². The molecule has 2 saturated heterocycles. The fourth-order valence-electron chi connectivity index (χ4n) is 3.56. The van der Waals surface area contributed by atoms with Crippen molar-refractivity contribution >= 4 is 12.0 Å². The zero-order valence-electron chi connectivity index (χ0n) is 12.7. The Morgan fingerprint density at radius 2 is 2.14 bits per heavy atom. The maximum Gasteiger partial charge on any atom is 0.323 e. The maximum absolute atomic E-state index is 12.5. The molecule has 2 rings (SSSR count). The van der Waals surface area contributed by atoms with Gasteiger partial charge in [-0.1, -0.05) is 6.08 Å². The van der Waals surface area contributed by atoms with Gasteiger partial charge < -0.3 is 19.8 Å². The van der Waals surface area contributed by atoms with Gasteiger partial charge in [-0.05, 0) is 38.8 Å². The molecule has 6 heteroatoms. The fraction of sp³-hybridized carbons (Fsp3) is 0.733. The summed E-state index contributed by atoms with van der Waals surface area (Å²) in [6.07, 6.45) is 4.87. The molecule has 2 aliphatic heterocycles. The van der Waals surface area contributed by atoms with Gasteiger partial charge in [0.25, 0.3) is 0 Å². The monoisotopic (exact) mass is 295 g/mol. The Bertz CT molecular complexity index is 413.